The molecule has 26 heavy (non-hydrogen) atoms. The monoisotopic (exact) mass is 350 g/mol. The number of aromatic nitrogens is 2. The minimum Gasteiger partial charge on any atom is -0.497 e. The molecule has 0 bridgehead atoms. The maximum atomic E-state index is 6.05. The molecule has 0 saturated heterocycles. The van der Waals surface area contributed by atoms with E-state index in [4.69, 9.17) is 15.5 Å². The lowest BCUT2D eigenvalue weighted by atomic mass is 9.92. The van der Waals surface area contributed by atoms with Crippen LogP contribution in [0.3, 0.4) is 0 Å². The Morgan fingerprint density at radius 1 is 1.08 bits per heavy atom. The summed E-state index contributed by atoms with van der Waals surface area (Å²) in [5.41, 5.74) is 9.45. The van der Waals surface area contributed by atoms with Gasteiger partial charge in [0.25, 0.3) is 0 Å². The first kappa shape index (κ1) is 16.9. The van der Waals surface area contributed by atoms with Gasteiger partial charge in [-0.25, -0.2) is 4.98 Å². The van der Waals surface area contributed by atoms with Crippen molar-refractivity contribution in [1.29, 1.82) is 0 Å². The highest BCUT2D eigenvalue weighted by atomic mass is 16.5. The van der Waals surface area contributed by atoms with Gasteiger partial charge in [-0.2, -0.15) is 0 Å². The second kappa shape index (κ2) is 7.38. The maximum Gasteiger partial charge on any atom is 0.204 e. The van der Waals surface area contributed by atoms with Crippen LogP contribution in [0, 0.1) is 0 Å². The second-order valence-electron chi connectivity index (χ2n) is 7.11. The molecule has 0 aliphatic heterocycles. The first-order valence-corrected chi connectivity index (χ1v) is 9.33. The molecular formula is C21H26N4O. The van der Waals surface area contributed by atoms with Gasteiger partial charge in [-0.3, -0.25) is 0 Å². The topological polar surface area (TPSA) is 65.1 Å². The van der Waals surface area contributed by atoms with E-state index in [0.717, 1.165) is 55.0 Å². The lowest BCUT2D eigenvalue weighted by molar-refractivity contribution is 0.409. The fraction of sp³-hybridized carbons (Fsp3) is 0.381. The average Bonchev–Trinajstić information content (AvgIpc) is 3.01. The van der Waals surface area contributed by atoms with Crippen LogP contribution in [-0.4, -0.2) is 28.7 Å². The number of nitrogens with one attached hydrogen (secondary N) is 1. The van der Waals surface area contributed by atoms with Crippen molar-refractivity contribution < 1.29 is 4.74 Å². The molecule has 3 aromatic rings. The molecule has 5 heteroatoms. The van der Waals surface area contributed by atoms with Crippen LogP contribution in [0.4, 0.5) is 5.95 Å². The maximum absolute atomic E-state index is 6.05. The first-order chi connectivity index (χ1) is 12.7. The van der Waals surface area contributed by atoms with Crippen LogP contribution in [-0.2, 0) is 6.54 Å². The Kier molecular flexibility index (Phi) is 4.80. The quantitative estimate of drug-likeness (QED) is 0.735. The summed E-state index contributed by atoms with van der Waals surface area (Å²) in [7, 11) is 1.69. The van der Waals surface area contributed by atoms with Gasteiger partial charge in [-0.05, 0) is 55.5 Å². The molecule has 0 spiro atoms. The Hall–Kier alpha value is -2.53. The van der Waals surface area contributed by atoms with Gasteiger partial charge in [0.2, 0.25) is 5.95 Å². The van der Waals surface area contributed by atoms with Crippen LogP contribution in [0.5, 0.6) is 5.75 Å². The number of hydrogen-bond acceptors (Lipinski definition) is 4. The summed E-state index contributed by atoms with van der Waals surface area (Å²) in [6, 6.07) is 17.3. The molecule has 1 fully saturated rings. The van der Waals surface area contributed by atoms with E-state index in [1.165, 1.54) is 5.56 Å². The zero-order chi connectivity index (χ0) is 17.9. The molecule has 136 valence electrons. The minimum atomic E-state index is 0.353. The molecule has 2 aromatic carbocycles. The van der Waals surface area contributed by atoms with Crippen LogP contribution in [0.15, 0.2) is 48.5 Å². The van der Waals surface area contributed by atoms with Gasteiger partial charge in [0.05, 0.1) is 24.7 Å². The van der Waals surface area contributed by atoms with Gasteiger partial charge in [0.1, 0.15) is 5.75 Å². The van der Waals surface area contributed by atoms with Gasteiger partial charge in [-0.1, -0.05) is 24.3 Å². The van der Waals surface area contributed by atoms with Crippen LogP contribution in [0.1, 0.15) is 31.2 Å². The Bertz CT molecular complexity index is 863. The van der Waals surface area contributed by atoms with Crippen LogP contribution in [0.25, 0.3) is 11.0 Å². The summed E-state index contributed by atoms with van der Waals surface area (Å²) in [5, 5.41) is 3.67. The lowest BCUT2D eigenvalue weighted by Gasteiger charge is -2.27. The fourth-order valence-electron chi connectivity index (χ4n) is 3.71. The number of nitrogens with zero attached hydrogens (tertiary/aromatic N) is 2. The number of nitrogens with two attached hydrogens (primary N) is 1. The molecule has 0 radical (unpaired) electrons. The molecule has 1 saturated carbocycles. The summed E-state index contributed by atoms with van der Waals surface area (Å²) in [6.07, 6.45) is 4.37. The highest BCUT2D eigenvalue weighted by molar-refractivity contribution is 5.78. The molecule has 1 aromatic heterocycles. The molecule has 0 amide bonds. The number of hydrogen-bond donors (Lipinski definition) is 2. The molecule has 1 aliphatic rings. The second-order valence-corrected chi connectivity index (χ2v) is 7.11. The Labute approximate surface area is 154 Å². The summed E-state index contributed by atoms with van der Waals surface area (Å²) in [4.78, 5) is 4.85. The standard InChI is InChI=1S/C21H26N4O/c1-26-18-12-6-15(7-13-18)14-25-20-5-3-2-4-19(20)24-21(25)23-17-10-8-16(22)9-11-17/h2-7,12-13,16-17H,8-11,14,22H2,1H3,(H,23,24). The number of para-hydroxylation sites is 2. The van der Waals surface area contributed by atoms with Crippen LogP contribution >= 0.6 is 0 Å². The number of ether oxygens (including phenoxy) is 1. The Morgan fingerprint density at radius 2 is 1.81 bits per heavy atom. The number of methoxy groups -OCH3 is 1. The van der Waals surface area contributed by atoms with E-state index in [9.17, 15) is 0 Å². The zero-order valence-corrected chi connectivity index (χ0v) is 15.2. The SMILES string of the molecule is COc1ccc(Cn2c(NC3CCC(N)CC3)nc3ccccc32)cc1. The van der Waals surface area contributed by atoms with Gasteiger partial charge < -0.3 is 20.4 Å². The van der Waals surface area contributed by atoms with Gasteiger partial charge >= 0.3 is 0 Å². The number of rotatable bonds is 5. The predicted octanol–water partition coefficient (Wildman–Crippen LogP) is 3.78. The Morgan fingerprint density at radius 3 is 2.54 bits per heavy atom. The van der Waals surface area contributed by atoms with Crippen molar-refractivity contribution in [2.24, 2.45) is 5.73 Å². The zero-order valence-electron chi connectivity index (χ0n) is 15.2. The number of anilines is 1. The number of fused-ring (bicyclic) bond motifs is 1. The third kappa shape index (κ3) is 3.53. The molecule has 3 N–H and O–H groups in total. The van der Waals surface area contributed by atoms with Crippen LogP contribution < -0.4 is 15.8 Å². The van der Waals surface area contributed by atoms with Crippen molar-refractivity contribution in [2.75, 3.05) is 12.4 Å². The van der Waals surface area contributed by atoms with Crippen molar-refractivity contribution in [1.82, 2.24) is 9.55 Å². The van der Waals surface area contributed by atoms with Crippen molar-refractivity contribution in [2.45, 2.75) is 44.3 Å². The van der Waals surface area contributed by atoms with E-state index < -0.39 is 0 Å². The summed E-state index contributed by atoms with van der Waals surface area (Å²) < 4.78 is 7.54. The summed E-state index contributed by atoms with van der Waals surface area (Å²) in [5.74, 6) is 1.82. The Balaban J connectivity index is 1.62. The van der Waals surface area contributed by atoms with Crippen molar-refractivity contribution in [3.05, 3.63) is 54.1 Å². The third-order valence-corrected chi connectivity index (χ3v) is 5.26. The van der Waals surface area contributed by atoms with Crippen molar-refractivity contribution >= 4 is 17.0 Å². The van der Waals surface area contributed by atoms with Crippen molar-refractivity contribution in [3.8, 4) is 5.75 Å². The predicted molar refractivity (Wildman–Crippen MR) is 106 cm³/mol. The highest BCUT2D eigenvalue weighted by Crippen LogP contribution is 2.25. The molecule has 0 atom stereocenters. The molecule has 1 heterocycles. The van der Waals surface area contributed by atoms with Gasteiger partial charge in [-0.15, -0.1) is 0 Å². The lowest BCUT2D eigenvalue weighted by Crippen LogP contribution is -2.33. The average molecular weight is 350 g/mol. The first-order valence-electron chi connectivity index (χ1n) is 9.33. The molecule has 1 aliphatic carbocycles. The van der Waals surface area contributed by atoms with Crippen LogP contribution in [0.2, 0.25) is 0 Å². The van der Waals surface area contributed by atoms with E-state index >= 15 is 0 Å². The number of imidazole rings is 1. The van der Waals surface area contributed by atoms with Gasteiger partial charge in [0.15, 0.2) is 0 Å². The molecule has 5 nitrogen and oxygen atoms in total. The fourth-order valence-corrected chi connectivity index (χ4v) is 3.71. The molecule has 0 unspecified atom stereocenters. The van der Waals surface area contributed by atoms with E-state index in [-0.39, 0.29) is 0 Å². The van der Waals surface area contributed by atoms with Crippen molar-refractivity contribution in [3.63, 3.8) is 0 Å². The van der Waals surface area contributed by atoms with E-state index in [1.807, 2.05) is 18.2 Å². The molecule has 4 rings (SSSR count). The van der Waals surface area contributed by atoms with E-state index in [1.54, 1.807) is 7.11 Å². The largest absolute Gasteiger partial charge is 0.497 e. The van der Waals surface area contributed by atoms with E-state index in [2.05, 4.69) is 40.2 Å². The number of benzene rings is 2. The summed E-state index contributed by atoms with van der Waals surface area (Å²) >= 11 is 0. The normalized spacial score (nSPS) is 20.2. The highest BCUT2D eigenvalue weighted by Gasteiger charge is 2.20. The molecular weight excluding hydrogens is 324 g/mol. The van der Waals surface area contributed by atoms with Gasteiger partial charge in [0, 0.05) is 12.1 Å². The smallest absolute Gasteiger partial charge is 0.204 e. The summed E-state index contributed by atoms with van der Waals surface area (Å²) in [6.45, 7) is 0.777. The third-order valence-electron chi connectivity index (χ3n) is 5.26. The van der Waals surface area contributed by atoms with E-state index in [0.29, 0.717) is 12.1 Å². The minimum absolute atomic E-state index is 0.353.